The molecule has 0 unspecified atom stereocenters. The van der Waals surface area contributed by atoms with E-state index in [1.807, 2.05) is 28.5 Å². The first-order valence-corrected chi connectivity index (χ1v) is 10.6. The first kappa shape index (κ1) is 19.3. The van der Waals surface area contributed by atoms with Crippen molar-refractivity contribution in [2.24, 2.45) is 0 Å². The minimum absolute atomic E-state index is 0.182. The van der Waals surface area contributed by atoms with Crippen LogP contribution in [-0.2, 0) is 11.3 Å². The van der Waals surface area contributed by atoms with Gasteiger partial charge in [0.2, 0.25) is 5.91 Å². The fourth-order valence-electron chi connectivity index (χ4n) is 3.54. The van der Waals surface area contributed by atoms with Crippen LogP contribution in [0.5, 0.6) is 0 Å². The molecule has 2 heterocycles. The Morgan fingerprint density at radius 2 is 2.07 bits per heavy atom. The second-order valence-electron chi connectivity index (χ2n) is 7.43. The lowest BCUT2D eigenvalue weighted by atomic mass is 10.0. The summed E-state index contributed by atoms with van der Waals surface area (Å²) in [7, 11) is 0. The molecule has 4 rings (SSSR count). The van der Waals surface area contributed by atoms with Crippen LogP contribution in [-0.4, -0.2) is 28.2 Å². The fourth-order valence-corrected chi connectivity index (χ4v) is 4.24. The summed E-state index contributed by atoms with van der Waals surface area (Å²) in [5.41, 5.74) is 5.81. The third-order valence-corrected chi connectivity index (χ3v) is 5.89. The third kappa shape index (κ3) is 4.38. The van der Waals surface area contributed by atoms with Gasteiger partial charge in [-0.3, -0.25) is 14.9 Å². The standard InChI is InChI=1S/C23H23N3O2S/c1-15-8-9-16(2)19(11-15)20-14-29-23(24-20)25-22(28)18-6-3-5-17(12-18)13-26-10-4-7-21(26)27/h3,5-6,8-9,11-12,14H,4,7,10,13H2,1-2H3,(H,24,25,28). The van der Waals surface area contributed by atoms with Gasteiger partial charge in [-0.25, -0.2) is 4.98 Å². The molecule has 0 aliphatic carbocycles. The van der Waals surface area contributed by atoms with E-state index >= 15 is 0 Å². The molecule has 0 saturated carbocycles. The molecule has 1 aliphatic rings. The Morgan fingerprint density at radius 3 is 2.86 bits per heavy atom. The summed E-state index contributed by atoms with van der Waals surface area (Å²) in [4.78, 5) is 31.0. The van der Waals surface area contributed by atoms with Crippen molar-refractivity contribution >= 4 is 28.3 Å². The molecule has 3 aromatic rings. The highest BCUT2D eigenvalue weighted by Crippen LogP contribution is 2.28. The molecule has 148 valence electrons. The predicted octanol–water partition coefficient (Wildman–Crippen LogP) is 4.80. The molecule has 1 aliphatic heterocycles. The Labute approximate surface area is 174 Å². The van der Waals surface area contributed by atoms with Gasteiger partial charge in [-0.2, -0.15) is 0 Å². The van der Waals surface area contributed by atoms with Gasteiger partial charge >= 0.3 is 0 Å². The monoisotopic (exact) mass is 405 g/mol. The molecule has 1 saturated heterocycles. The average molecular weight is 406 g/mol. The van der Waals surface area contributed by atoms with Crippen molar-refractivity contribution in [3.05, 3.63) is 70.1 Å². The highest BCUT2D eigenvalue weighted by molar-refractivity contribution is 7.14. The number of anilines is 1. The molecule has 1 fully saturated rings. The first-order valence-electron chi connectivity index (χ1n) is 9.71. The molecular formula is C23H23N3O2S. The van der Waals surface area contributed by atoms with E-state index in [0.29, 0.717) is 23.7 Å². The number of amides is 2. The molecule has 0 atom stereocenters. The van der Waals surface area contributed by atoms with Crippen molar-refractivity contribution in [1.82, 2.24) is 9.88 Å². The van der Waals surface area contributed by atoms with E-state index in [1.165, 1.54) is 16.9 Å². The van der Waals surface area contributed by atoms with Crippen LogP contribution in [0.4, 0.5) is 5.13 Å². The fraction of sp³-hybridized carbons (Fsp3) is 0.261. The average Bonchev–Trinajstić information content (AvgIpc) is 3.33. The zero-order valence-corrected chi connectivity index (χ0v) is 17.4. The number of carbonyl (C=O) groups is 2. The maximum atomic E-state index is 12.7. The van der Waals surface area contributed by atoms with Crippen LogP contribution in [0.2, 0.25) is 0 Å². The quantitative estimate of drug-likeness (QED) is 0.663. The van der Waals surface area contributed by atoms with Gasteiger partial charge < -0.3 is 4.90 Å². The number of rotatable bonds is 5. The first-order chi connectivity index (χ1) is 14.0. The number of benzene rings is 2. The molecule has 2 amide bonds. The van der Waals surface area contributed by atoms with Gasteiger partial charge in [-0.1, -0.05) is 29.8 Å². The topological polar surface area (TPSA) is 62.3 Å². The van der Waals surface area contributed by atoms with Crippen LogP contribution in [0, 0.1) is 13.8 Å². The Bertz CT molecular complexity index is 1070. The summed E-state index contributed by atoms with van der Waals surface area (Å²) < 4.78 is 0. The zero-order valence-electron chi connectivity index (χ0n) is 16.6. The third-order valence-electron chi connectivity index (χ3n) is 5.13. The van der Waals surface area contributed by atoms with Crippen molar-refractivity contribution in [1.29, 1.82) is 0 Å². The zero-order chi connectivity index (χ0) is 20.4. The molecule has 0 spiro atoms. The molecule has 1 aromatic heterocycles. The second-order valence-corrected chi connectivity index (χ2v) is 8.29. The molecule has 5 nitrogen and oxygen atoms in total. The van der Waals surface area contributed by atoms with E-state index in [4.69, 9.17) is 0 Å². The van der Waals surface area contributed by atoms with Gasteiger partial charge in [0, 0.05) is 36.0 Å². The molecule has 6 heteroatoms. The van der Waals surface area contributed by atoms with Gasteiger partial charge in [-0.05, 0) is 49.6 Å². The number of likely N-dealkylation sites (tertiary alicyclic amines) is 1. The lowest BCUT2D eigenvalue weighted by molar-refractivity contribution is -0.128. The normalized spacial score (nSPS) is 13.7. The molecule has 1 N–H and O–H groups in total. The van der Waals surface area contributed by atoms with Crippen molar-refractivity contribution in [3.63, 3.8) is 0 Å². The summed E-state index contributed by atoms with van der Waals surface area (Å²) >= 11 is 1.42. The van der Waals surface area contributed by atoms with E-state index in [0.717, 1.165) is 35.3 Å². The van der Waals surface area contributed by atoms with Crippen molar-refractivity contribution in [2.45, 2.75) is 33.2 Å². The summed E-state index contributed by atoms with van der Waals surface area (Å²) in [5.74, 6) is -0.0110. The van der Waals surface area contributed by atoms with Gasteiger partial charge in [0.15, 0.2) is 5.13 Å². The number of nitrogens with zero attached hydrogens (tertiary/aromatic N) is 2. The molecule has 0 bridgehead atoms. The lowest BCUT2D eigenvalue weighted by Gasteiger charge is -2.15. The van der Waals surface area contributed by atoms with Crippen LogP contribution in [0.3, 0.4) is 0 Å². The van der Waals surface area contributed by atoms with E-state index < -0.39 is 0 Å². The van der Waals surface area contributed by atoms with E-state index in [9.17, 15) is 9.59 Å². The number of aryl methyl sites for hydroxylation is 2. The summed E-state index contributed by atoms with van der Waals surface area (Å²) in [6, 6.07) is 13.7. The maximum Gasteiger partial charge on any atom is 0.257 e. The van der Waals surface area contributed by atoms with Crippen molar-refractivity contribution < 1.29 is 9.59 Å². The largest absolute Gasteiger partial charge is 0.338 e. The SMILES string of the molecule is Cc1ccc(C)c(-c2csc(NC(=O)c3cccc(CN4CCCC4=O)c3)n2)c1. The number of aromatic nitrogens is 1. The van der Waals surface area contributed by atoms with E-state index in [-0.39, 0.29) is 11.8 Å². The molecular weight excluding hydrogens is 382 g/mol. The van der Waals surface area contributed by atoms with Crippen LogP contribution in [0.1, 0.15) is 39.9 Å². The van der Waals surface area contributed by atoms with Gasteiger partial charge in [0.25, 0.3) is 5.91 Å². The Balaban J connectivity index is 1.47. The molecule has 2 aromatic carbocycles. The number of carbonyl (C=O) groups excluding carboxylic acids is 2. The highest BCUT2D eigenvalue weighted by Gasteiger charge is 2.20. The molecule has 29 heavy (non-hydrogen) atoms. The Morgan fingerprint density at radius 1 is 1.21 bits per heavy atom. The van der Waals surface area contributed by atoms with Crippen LogP contribution in [0.15, 0.2) is 47.8 Å². The smallest absolute Gasteiger partial charge is 0.257 e. The van der Waals surface area contributed by atoms with Crippen LogP contribution < -0.4 is 5.32 Å². The van der Waals surface area contributed by atoms with E-state index in [1.54, 1.807) is 6.07 Å². The van der Waals surface area contributed by atoms with E-state index in [2.05, 4.69) is 42.3 Å². The Hall–Kier alpha value is -2.99. The highest BCUT2D eigenvalue weighted by atomic mass is 32.1. The number of hydrogen-bond donors (Lipinski definition) is 1. The summed E-state index contributed by atoms with van der Waals surface area (Å²) in [6.45, 7) is 5.45. The Kier molecular flexibility index (Phi) is 5.45. The predicted molar refractivity (Wildman–Crippen MR) is 116 cm³/mol. The van der Waals surface area contributed by atoms with Gasteiger partial charge in [0.05, 0.1) is 5.69 Å². The summed E-state index contributed by atoms with van der Waals surface area (Å²) in [5, 5.41) is 5.44. The number of nitrogens with one attached hydrogen (secondary N) is 1. The van der Waals surface area contributed by atoms with Crippen molar-refractivity contribution in [2.75, 3.05) is 11.9 Å². The summed E-state index contributed by atoms with van der Waals surface area (Å²) in [6.07, 6.45) is 1.53. The second kappa shape index (κ2) is 8.17. The minimum Gasteiger partial charge on any atom is -0.338 e. The van der Waals surface area contributed by atoms with Gasteiger partial charge in [0.1, 0.15) is 0 Å². The lowest BCUT2D eigenvalue weighted by Crippen LogP contribution is -2.24. The van der Waals surface area contributed by atoms with Crippen molar-refractivity contribution in [3.8, 4) is 11.3 Å². The number of hydrogen-bond acceptors (Lipinski definition) is 4. The van der Waals surface area contributed by atoms with Gasteiger partial charge in [-0.15, -0.1) is 11.3 Å². The maximum absolute atomic E-state index is 12.7. The molecule has 0 radical (unpaired) electrons. The number of thiazole rings is 1. The van der Waals surface area contributed by atoms with Crippen LogP contribution >= 0.6 is 11.3 Å². The van der Waals surface area contributed by atoms with Crippen LogP contribution in [0.25, 0.3) is 11.3 Å². The minimum atomic E-state index is -0.193.